The van der Waals surface area contributed by atoms with Gasteiger partial charge in [0.2, 0.25) is 5.91 Å². The van der Waals surface area contributed by atoms with Crippen molar-refractivity contribution < 1.29 is 4.79 Å². The lowest BCUT2D eigenvalue weighted by atomic mass is 10.2. The number of aryl methyl sites for hydroxylation is 1. The highest BCUT2D eigenvalue weighted by atomic mass is 32.2. The maximum absolute atomic E-state index is 12.2. The zero-order valence-electron chi connectivity index (χ0n) is 13.9. The Morgan fingerprint density at radius 1 is 1.21 bits per heavy atom. The molecule has 0 radical (unpaired) electrons. The second kappa shape index (κ2) is 6.88. The van der Waals surface area contributed by atoms with Gasteiger partial charge in [0.05, 0.1) is 12.2 Å². The van der Waals surface area contributed by atoms with E-state index in [2.05, 4.69) is 10.00 Å². The number of nitrogens with zero attached hydrogens (tertiary/aromatic N) is 4. The maximum atomic E-state index is 12.2. The van der Waals surface area contributed by atoms with Crippen LogP contribution >= 0.6 is 11.8 Å². The SMILES string of the molecule is O=C(C1CC1)N1CCN(CCn2nc3c(cc2=O)CSCC3)CC1. The monoisotopic (exact) mass is 348 g/mol. The summed E-state index contributed by atoms with van der Waals surface area (Å²) in [5, 5.41) is 4.57. The molecule has 1 amide bonds. The molecule has 1 saturated heterocycles. The number of amides is 1. The van der Waals surface area contributed by atoms with Crippen LogP contribution in [0.15, 0.2) is 10.9 Å². The van der Waals surface area contributed by atoms with E-state index in [9.17, 15) is 9.59 Å². The number of rotatable bonds is 4. The third-order valence-corrected chi connectivity index (χ3v) is 6.15. The van der Waals surface area contributed by atoms with Crippen LogP contribution in [0.1, 0.15) is 24.1 Å². The Morgan fingerprint density at radius 3 is 2.75 bits per heavy atom. The summed E-state index contributed by atoms with van der Waals surface area (Å²) in [4.78, 5) is 28.6. The molecule has 6 nitrogen and oxygen atoms in total. The topological polar surface area (TPSA) is 58.4 Å². The van der Waals surface area contributed by atoms with Crippen molar-refractivity contribution >= 4 is 17.7 Å². The molecule has 1 aromatic heterocycles. The Bertz CT molecular complexity index is 678. The first kappa shape index (κ1) is 16.1. The average molecular weight is 348 g/mol. The normalized spacial score (nSPS) is 21.6. The molecule has 2 fully saturated rings. The molecule has 0 bridgehead atoms. The fraction of sp³-hybridized carbons (Fsp3) is 0.706. The first-order chi connectivity index (χ1) is 11.7. The second-order valence-electron chi connectivity index (χ2n) is 6.92. The van der Waals surface area contributed by atoms with E-state index >= 15 is 0 Å². The number of piperazine rings is 1. The molecular weight excluding hydrogens is 324 g/mol. The Morgan fingerprint density at radius 2 is 2.00 bits per heavy atom. The van der Waals surface area contributed by atoms with E-state index in [1.54, 1.807) is 10.7 Å². The van der Waals surface area contributed by atoms with Crippen molar-refractivity contribution in [2.75, 3.05) is 38.5 Å². The highest BCUT2D eigenvalue weighted by Gasteiger charge is 2.34. The number of fused-ring (bicyclic) bond motifs is 1. The van der Waals surface area contributed by atoms with Crippen LogP contribution in [0.2, 0.25) is 0 Å². The van der Waals surface area contributed by atoms with E-state index in [-0.39, 0.29) is 5.56 Å². The van der Waals surface area contributed by atoms with Gasteiger partial charge in [0.25, 0.3) is 5.56 Å². The Labute approximate surface area is 146 Å². The number of thioether (sulfide) groups is 1. The summed E-state index contributed by atoms with van der Waals surface area (Å²) in [5.74, 6) is 2.66. The van der Waals surface area contributed by atoms with Crippen LogP contribution in [-0.4, -0.2) is 64.0 Å². The summed E-state index contributed by atoms with van der Waals surface area (Å²) in [6, 6.07) is 1.76. The molecule has 3 aliphatic rings. The highest BCUT2D eigenvalue weighted by molar-refractivity contribution is 7.98. The van der Waals surface area contributed by atoms with E-state index in [1.165, 1.54) is 0 Å². The molecule has 0 aromatic carbocycles. The molecule has 0 unspecified atom stereocenters. The number of hydrogen-bond acceptors (Lipinski definition) is 5. The van der Waals surface area contributed by atoms with Gasteiger partial charge in [-0.3, -0.25) is 14.5 Å². The molecule has 0 N–H and O–H groups in total. The van der Waals surface area contributed by atoms with Crippen LogP contribution in [0.25, 0.3) is 0 Å². The lowest BCUT2D eigenvalue weighted by Gasteiger charge is -2.34. The molecule has 2 aliphatic heterocycles. The second-order valence-corrected chi connectivity index (χ2v) is 8.03. The predicted octanol–water partition coefficient (Wildman–Crippen LogP) is 0.587. The van der Waals surface area contributed by atoms with Crippen molar-refractivity contribution in [1.82, 2.24) is 19.6 Å². The van der Waals surface area contributed by atoms with E-state index in [0.29, 0.717) is 18.4 Å². The summed E-state index contributed by atoms with van der Waals surface area (Å²) in [7, 11) is 0. The van der Waals surface area contributed by atoms with Gasteiger partial charge in [0.15, 0.2) is 0 Å². The van der Waals surface area contributed by atoms with Gasteiger partial charge >= 0.3 is 0 Å². The zero-order chi connectivity index (χ0) is 16.5. The largest absolute Gasteiger partial charge is 0.340 e. The number of hydrogen-bond donors (Lipinski definition) is 0. The van der Waals surface area contributed by atoms with E-state index < -0.39 is 0 Å². The van der Waals surface area contributed by atoms with Gasteiger partial charge < -0.3 is 4.90 Å². The molecule has 1 aromatic rings. The third-order valence-electron chi connectivity index (χ3n) is 5.14. The highest BCUT2D eigenvalue weighted by Crippen LogP contribution is 2.31. The fourth-order valence-corrected chi connectivity index (χ4v) is 4.38. The molecule has 1 aliphatic carbocycles. The molecule has 7 heteroatoms. The molecule has 130 valence electrons. The first-order valence-corrected chi connectivity index (χ1v) is 10.0. The van der Waals surface area contributed by atoms with Crippen molar-refractivity contribution in [2.45, 2.75) is 31.6 Å². The number of carbonyl (C=O) groups excluding carboxylic acids is 1. The number of carbonyl (C=O) groups is 1. The molecule has 0 spiro atoms. The van der Waals surface area contributed by atoms with Crippen molar-refractivity contribution in [3.8, 4) is 0 Å². The Hall–Kier alpha value is -1.34. The minimum Gasteiger partial charge on any atom is -0.340 e. The first-order valence-electron chi connectivity index (χ1n) is 8.89. The minimum atomic E-state index is 0.0128. The van der Waals surface area contributed by atoms with Crippen LogP contribution in [-0.2, 0) is 23.5 Å². The van der Waals surface area contributed by atoms with Crippen molar-refractivity contribution in [1.29, 1.82) is 0 Å². The summed E-state index contributed by atoms with van der Waals surface area (Å²) < 4.78 is 1.62. The van der Waals surface area contributed by atoms with Gasteiger partial charge in [-0.15, -0.1) is 0 Å². The van der Waals surface area contributed by atoms with Gasteiger partial charge in [-0.25, -0.2) is 4.68 Å². The zero-order valence-corrected chi connectivity index (χ0v) is 14.8. The Balaban J connectivity index is 1.31. The third kappa shape index (κ3) is 3.52. The van der Waals surface area contributed by atoms with Gasteiger partial charge in [0.1, 0.15) is 0 Å². The van der Waals surface area contributed by atoms with Crippen LogP contribution < -0.4 is 5.56 Å². The fourth-order valence-electron chi connectivity index (χ4n) is 3.43. The van der Waals surface area contributed by atoms with E-state index in [1.807, 2.05) is 16.7 Å². The van der Waals surface area contributed by atoms with Crippen molar-refractivity contribution in [2.24, 2.45) is 5.92 Å². The average Bonchev–Trinajstić information content (AvgIpc) is 3.45. The van der Waals surface area contributed by atoms with Gasteiger partial charge in [-0.05, 0) is 24.2 Å². The molecule has 4 rings (SSSR count). The minimum absolute atomic E-state index is 0.0128. The van der Waals surface area contributed by atoms with Gasteiger partial charge in [-0.1, -0.05) is 0 Å². The lowest BCUT2D eigenvalue weighted by Crippen LogP contribution is -2.50. The maximum Gasteiger partial charge on any atom is 0.267 e. The summed E-state index contributed by atoms with van der Waals surface area (Å²) in [6.45, 7) is 4.89. The smallest absolute Gasteiger partial charge is 0.267 e. The lowest BCUT2D eigenvalue weighted by molar-refractivity contribution is -0.134. The molecule has 1 saturated carbocycles. The predicted molar refractivity (Wildman–Crippen MR) is 94.1 cm³/mol. The molecule has 3 heterocycles. The van der Waals surface area contributed by atoms with Crippen LogP contribution in [0.4, 0.5) is 0 Å². The quantitative estimate of drug-likeness (QED) is 0.797. The van der Waals surface area contributed by atoms with E-state index in [0.717, 1.165) is 74.7 Å². The molecule has 24 heavy (non-hydrogen) atoms. The number of aromatic nitrogens is 2. The standard InChI is InChI=1S/C17H24N4O2S/c22-16-11-14-12-24-10-3-15(14)18-21(16)9-6-19-4-7-20(8-5-19)17(23)13-1-2-13/h11,13H,1-10,12H2. The summed E-state index contributed by atoms with van der Waals surface area (Å²) in [5.41, 5.74) is 2.21. The van der Waals surface area contributed by atoms with Crippen molar-refractivity contribution in [3.63, 3.8) is 0 Å². The van der Waals surface area contributed by atoms with Gasteiger partial charge in [0, 0.05) is 56.9 Å². The van der Waals surface area contributed by atoms with Crippen LogP contribution in [0, 0.1) is 5.92 Å². The summed E-state index contributed by atoms with van der Waals surface area (Å²) >= 11 is 1.87. The van der Waals surface area contributed by atoms with Crippen molar-refractivity contribution in [3.05, 3.63) is 27.7 Å². The van der Waals surface area contributed by atoms with E-state index in [4.69, 9.17) is 0 Å². The van der Waals surface area contributed by atoms with Crippen LogP contribution in [0.3, 0.4) is 0 Å². The Kier molecular flexibility index (Phi) is 4.63. The summed E-state index contributed by atoms with van der Waals surface area (Å²) in [6.07, 6.45) is 3.11. The molecular formula is C17H24N4O2S. The van der Waals surface area contributed by atoms with Crippen LogP contribution in [0.5, 0.6) is 0 Å². The van der Waals surface area contributed by atoms with Gasteiger partial charge in [-0.2, -0.15) is 16.9 Å². The molecule has 0 atom stereocenters.